The fraction of sp³-hybridized carbons (Fsp3) is 0.0667. The van der Waals surface area contributed by atoms with Crippen molar-refractivity contribution in [3.8, 4) is 5.75 Å². The van der Waals surface area contributed by atoms with Crippen molar-refractivity contribution in [2.24, 2.45) is 0 Å². The van der Waals surface area contributed by atoms with Crippen molar-refractivity contribution in [3.05, 3.63) is 60.4 Å². The molecule has 0 atom stereocenters. The van der Waals surface area contributed by atoms with Crippen molar-refractivity contribution < 1.29 is 9.15 Å². The average Bonchev–Trinajstić information content (AvgIpc) is 2.79. The molecule has 0 aliphatic rings. The molecule has 2 aromatic carbocycles. The van der Waals surface area contributed by atoms with E-state index in [4.69, 9.17) is 14.9 Å². The van der Waals surface area contributed by atoms with Gasteiger partial charge in [0.2, 0.25) is 0 Å². The zero-order valence-electron chi connectivity index (χ0n) is 9.80. The largest absolute Gasteiger partial charge is 0.486 e. The molecular weight excluding hydrogens is 226 g/mol. The Kier molecular flexibility index (Phi) is 2.65. The minimum atomic E-state index is 0.415. The summed E-state index contributed by atoms with van der Waals surface area (Å²) < 4.78 is 11.3. The number of rotatable bonds is 3. The number of benzene rings is 2. The minimum absolute atomic E-state index is 0.415. The van der Waals surface area contributed by atoms with Crippen LogP contribution < -0.4 is 10.5 Å². The smallest absolute Gasteiger partial charge is 0.146 e. The molecule has 18 heavy (non-hydrogen) atoms. The summed E-state index contributed by atoms with van der Waals surface area (Å²) in [5.41, 5.74) is 7.29. The van der Waals surface area contributed by atoms with Crippen LogP contribution in [-0.2, 0) is 6.61 Å². The lowest BCUT2D eigenvalue weighted by Crippen LogP contribution is -1.92. The Morgan fingerprint density at radius 3 is 2.67 bits per heavy atom. The van der Waals surface area contributed by atoms with Gasteiger partial charge in [-0.3, -0.25) is 0 Å². The molecule has 0 spiro atoms. The second-order valence-electron chi connectivity index (χ2n) is 4.11. The topological polar surface area (TPSA) is 48.4 Å². The van der Waals surface area contributed by atoms with Gasteiger partial charge in [0.05, 0.1) is 0 Å². The summed E-state index contributed by atoms with van der Waals surface area (Å²) in [6.07, 6.45) is 0. The van der Waals surface area contributed by atoms with Gasteiger partial charge in [-0.15, -0.1) is 0 Å². The second kappa shape index (κ2) is 4.45. The van der Waals surface area contributed by atoms with Gasteiger partial charge in [-0.1, -0.05) is 18.2 Å². The summed E-state index contributed by atoms with van der Waals surface area (Å²) in [5, 5.41) is 1.00. The second-order valence-corrected chi connectivity index (χ2v) is 4.11. The van der Waals surface area contributed by atoms with E-state index in [2.05, 4.69) is 0 Å². The highest BCUT2D eigenvalue weighted by atomic mass is 16.5. The van der Waals surface area contributed by atoms with Gasteiger partial charge in [-0.2, -0.15) is 0 Å². The molecular formula is C15H13NO2. The van der Waals surface area contributed by atoms with Crippen LogP contribution in [0.2, 0.25) is 0 Å². The molecule has 0 unspecified atom stereocenters. The molecule has 0 amide bonds. The van der Waals surface area contributed by atoms with Crippen LogP contribution in [0.4, 0.5) is 5.69 Å². The molecule has 3 nitrogen and oxygen atoms in total. The Hall–Kier alpha value is -2.42. The van der Waals surface area contributed by atoms with E-state index >= 15 is 0 Å². The fourth-order valence-electron chi connectivity index (χ4n) is 1.86. The molecule has 0 bridgehead atoms. The van der Waals surface area contributed by atoms with Crippen LogP contribution in [0.25, 0.3) is 11.0 Å². The first-order valence-corrected chi connectivity index (χ1v) is 5.77. The highest BCUT2D eigenvalue weighted by Gasteiger charge is 2.04. The first kappa shape index (κ1) is 10.7. The summed E-state index contributed by atoms with van der Waals surface area (Å²) in [5.74, 6) is 1.62. The Bertz CT molecular complexity index is 659. The van der Waals surface area contributed by atoms with Gasteiger partial charge in [0.1, 0.15) is 23.7 Å². The van der Waals surface area contributed by atoms with Crippen LogP contribution in [0.3, 0.4) is 0 Å². The molecule has 2 N–H and O–H groups in total. The van der Waals surface area contributed by atoms with Crippen molar-refractivity contribution in [3.63, 3.8) is 0 Å². The van der Waals surface area contributed by atoms with Crippen LogP contribution in [-0.4, -0.2) is 0 Å². The third kappa shape index (κ3) is 2.15. The first-order chi connectivity index (χ1) is 8.81. The maximum Gasteiger partial charge on any atom is 0.146 e. The maximum atomic E-state index is 5.73. The predicted molar refractivity (Wildman–Crippen MR) is 71.4 cm³/mol. The monoisotopic (exact) mass is 239 g/mol. The number of hydrogen-bond acceptors (Lipinski definition) is 3. The Labute approximate surface area is 105 Å². The van der Waals surface area contributed by atoms with Gasteiger partial charge < -0.3 is 14.9 Å². The third-order valence-corrected chi connectivity index (χ3v) is 2.72. The van der Waals surface area contributed by atoms with Gasteiger partial charge in [-0.05, 0) is 36.4 Å². The number of hydrogen-bond donors (Lipinski definition) is 1. The van der Waals surface area contributed by atoms with Crippen molar-refractivity contribution in [2.75, 3.05) is 5.73 Å². The zero-order chi connectivity index (χ0) is 12.4. The lowest BCUT2D eigenvalue weighted by atomic mass is 10.2. The molecule has 3 heteroatoms. The molecule has 1 heterocycles. The maximum absolute atomic E-state index is 5.73. The van der Waals surface area contributed by atoms with Crippen LogP contribution in [0.15, 0.2) is 59.0 Å². The van der Waals surface area contributed by atoms with E-state index in [1.54, 1.807) is 0 Å². The minimum Gasteiger partial charge on any atom is -0.486 e. The molecule has 0 fully saturated rings. The summed E-state index contributed by atoms with van der Waals surface area (Å²) >= 11 is 0. The fourth-order valence-corrected chi connectivity index (χ4v) is 1.86. The number of para-hydroxylation sites is 1. The third-order valence-electron chi connectivity index (χ3n) is 2.72. The molecule has 3 rings (SSSR count). The number of fused-ring (bicyclic) bond motifs is 1. The predicted octanol–water partition coefficient (Wildman–Crippen LogP) is 3.59. The van der Waals surface area contributed by atoms with E-state index in [0.717, 1.165) is 28.2 Å². The highest BCUT2D eigenvalue weighted by molar-refractivity contribution is 5.81. The van der Waals surface area contributed by atoms with Gasteiger partial charge in [0.25, 0.3) is 0 Å². The van der Waals surface area contributed by atoms with Gasteiger partial charge >= 0.3 is 0 Å². The molecule has 1 aromatic heterocycles. The van der Waals surface area contributed by atoms with Crippen LogP contribution in [0, 0.1) is 0 Å². The van der Waals surface area contributed by atoms with Crippen molar-refractivity contribution in [2.45, 2.75) is 6.61 Å². The quantitative estimate of drug-likeness (QED) is 0.710. The van der Waals surface area contributed by atoms with Crippen molar-refractivity contribution >= 4 is 16.7 Å². The normalized spacial score (nSPS) is 10.7. The Balaban J connectivity index is 1.79. The molecule has 0 radical (unpaired) electrons. The molecule has 3 aromatic rings. The van der Waals surface area contributed by atoms with E-state index in [1.807, 2.05) is 54.6 Å². The average molecular weight is 239 g/mol. The van der Waals surface area contributed by atoms with E-state index < -0.39 is 0 Å². The summed E-state index contributed by atoms with van der Waals surface area (Å²) in [4.78, 5) is 0. The highest BCUT2D eigenvalue weighted by Crippen LogP contribution is 2.22. The Morgan fingerprint density at radius 2 is 1.83 bits per heavy atom. The number of ether oxygens (including phenoxy) is 1. The van der Waals surface area contributed by atoms with Gasteiger partial charge in [-0.25, -0.2) is 0 Å². The summed E-state index contributed by atoms with van der Waals surface area (Å²) in [6.45, 7) is 0.415. The van der Waals surface area contributed by atoms with E-state index in [9.17, 15) is 0 Å². The molecule has 0 aliphatic heterocycles. The molecule has 0 aliphatic carbocycles. The van der Waals surface area contributed by atoms with E-state index in [1.165, 1.54) is 0 Å². The SMILES string of the molecule is Nc1ccc2oc(COc3ccccc3)cc2c1. The summed E-state index contributed by atoms with van der Waals surface area (Å²) in [7, 11) is 0. The van der Waals surface area contributed by atoms with Gasteiger partial charge in [0, 0.05) is 11.1 Å². The van der Waals surface area contributed by atoms with Crippen molar-refractivity contribution in [1.29, 1.82) is 0 Å². The number of furan rings is 1. The lowest BCUT2D eigenvalue weighted by molar-refractivity contribution is 0.274. The van der Waals surface area contributed by atoms with Gasteiger partial charge in [0.15, 0.2) is 0 Å². The van der Waals surface area contributed by atoms with Crippen LogP contribution in [0.1, 0.15) is 5.76 Å². The zero-order valence-corrected chi connectivity index (χ0v) is 9.80. The number of nitrogens with two attached hydrogens (primary N) is 1. The first-order valence-electron chi connectivity index (χ1n) is 5.77. The molecule has 90 valence electrons. The Morgan fingerprint density at radius 1 is 1.00 bits per heavy atom. The van der Waals surface area contributed by atoms with Crippen LogP contribution >= 0.6 is 0 Å². The standard InChI is InChI=1S/C15H13NO2/c16-12-6-7-15-11(8-12)9-14(18-15)10-17-13-4-2-1-3-5-13/h1-9H,10,16H2. The van der Waals surface area contributed by atoms with Crippen LogP contribution in [0.5, 0.6) is 5.75 Å². The van der Waals surface area contributed by atoms with E-state index in [0.29, 0.717) is 6.61 Å². The number of nitrogen functional groups attached to an aromatic ring is 1. The van der Waals surface area contributed by atoms with Crippen molar-refractivity contribution in [1.82, 2.24) is 0 Å². The van der Waals surface area contributed by atoms with E-state index in [-0.39, 0.29) is 0 Å². The summed E-state index contributed by atoms with van der Waals surface area (Å²) in [6, 6.07) is 17.2. The molecule has 0 saturated heterocycles. The lowest BCUT2D eigenvalue weighted by Gasteiger charge is -2.02. The molecule has 0 saturated carbocycles. The number of anilines is 1.